The fourth-order valence-electron chi connectivity index (χ4n) is 0.187. The van der Waals surface area contributed by atoms with Gasteiger partial charge in [0.1, 0.15) is 0 Å². The van der Waals surface area contributed by atoms with Gasteiger partial charge in [-0.3, -0.25) is 0 Å². The second-order valence-electron chi connectivity index (χ2n) is 1.31. The van der Waals surface area contributed by atoms with Crippen LogP contribution < -0.4 is 0 Å². The van der Waals surface area contributed by atoms with Gasteiger partial charge < -0.3 is 5.41 Å². The van der Waals surface area contributed by atoms with Gasteiger partial charge in [0.05, 0.1) is 0 Å². The van der Waals surface area contributed by atoms with Crippen LogP contribution in [-0.4, -0.2) is 12.1 Å². The van der Waals surface area contributed by atoms with Crippen molar-refractivity contribution in [3.8, 4) is 0 Å². The molecule has 1 N–H and O–H groups in total. The van der Waals surface area contributed by atoms with Crippen LogP contribution in [0.5, 0.6) is 0 Å². The van der Waals surface area contributed by atoms with Gasteiger partial charge in [-0.15, -0.1) is 11.6 Å². The second kappa shape index (κ2) is 3.88. The molecule has 0 atom stereocenters. The summed E-state index contributed by atoms with van der Waals surface area (Å²) in [6, 6.07) is 0. The summed E-state index contributed by atoms with van der Waals surface area (Å²) in [4.78, 5) is 0. The van der Waals surface area contributed by atoms with Crippen LogP contribution in [0.2, 0.25) is 0 Å². The first-order chi connectivity index (χ1) is 3.31. The van der Waals surface area contributed by atoms with Crippen LogP contribution >= 0.6 is 11.6 Å². The zero-order valence-corrected chi connectivity index (χ0v) is 5.00. The van der Waals surface area contributed by atoms with Gasteiger partial charge in [-0.05, 0) is 13.0 Å². The molecule has 0 spiro atoms. The van der Waals surface area contributed by atoms with E-state index in [2.05, 4.69) is 0 Å². The molecule has 0 aliphatic carbocycles. The Bertz CT molecular complexity index is 86.1. The summed E-state index contributed by atoms with van der Waals surface area (Å²) in [6.07, 6.45) is 2.91. The molecule has 0 amide bonds. The molecule has 0 aromatic rings. The Morgan fingerprint density at radius 1 is 1.86 bits per heavy atom. The van der Waals surface area contributed by atoms with Gasteiger partial charge in [-0.2, -0.15) is 0 Å². The molecular formula is C5H8ClN. The topological polar surface area (TPSA) is 23.9 Å². The summed E-state index contributed by atoms with van der Waals surface area (Å²) in [5.41, 5.74) is 1.02. The number of hydrogen-bond donors (Lipinski definition) is 1. The Kier molecular flexibility index (Phi) is 3.71. The fourth-order valence-corrected chi connectivity index (χ4v) is 0.276. The predicted molar refractivity (Wildman–Crippen MR) is 33.3 cm³/mol. The van der Waals surface area contributed by atoms with E-state index >= 15 is 0 Å². The van der Waals surface area contributed by atoms with Crippen molar-refractivity contribution in [1.29, 1.82) is 5.41 Å². The molecule has 0 fully saturated rings. The summed E-state index contributed by atoms with van der Waals surface area (Å²) < 4.78 is 0. The molecule has 1 nitrogen and oxygen atoms in total. The lowest BCUT2D eigenvalue weighted by Gasteiger charge is -1.83. The Labute approximate surface area is 48.5 Å². The Balaban J connectivity index is 3.49. The summed E-state index contributed by atoms with van der Waals surface area (Å²) in [5.74, 6) is 0.523. The molecule has 0 radical (unpaired) electrons. The smallest absolute Gasteiger partial charge is 0.0434 e. The second-order valence-corrected chi connectivity index (χ2v) is 1.58. The lowest BCUT2D eigenvalue weighted by atomic mass is 10.3. The zero-order chi connectivity index (χ0) is 5.70. The number of rotatable bonds is 2. The van der Waals surface area contributed by atoms with Gasteiger partial charge in [0, 0.05) is 12.1 Å². The average molecular weight is 118 g/mol. The number of nitrogens with one attached hydrogen (secondary N) is 1. The maximum atomic E-state index is 6.58. The van der Waals surface area contributed by atoms with Gasteiger partial charge in [0.2, 0.25) is 0 Å². The number of allylic oxidation sites excluding steroid dienone is 2. The number of alkyl halides is 1. The minimum absolute atomic E-state index is 0.523. The maximum Gasteiger partial charge on any atom is 0.0434 e. The Morgan fingerprint density at radius 2 is 2.43 bits per heavy atom. The monoisotopic (exact) mass is 117 g/mol. The minimum Gasteiger partial charge on any atom is -0.309 e. The van der Waals surface area contributed by atoms with Crippen molar-refractivity contribution >= 4 is 17.8 Å². The molecule has 0 aromatic heterocycles. The predicted octanol–water partition coefficient (Wildman–Crippen LogP) is 1.82. The first-order valence-electron chi connectivity index (χ1n) is 2.03. The van der Waals surface area contributed by atoms with E-state index in [0.29, 0.717) is 5.88 Å². The summed E-state index contributed by atoms with van der Waals surface area (Å²) in [5, 5.41) is 6.58. The van der Waals surface area contributed by atoms with Crippen molar-refractivity contribution in [2.45, 2.75) is 6.92 Å². The molecule has 0 aliphatic rings. The van der Waals surface area contributed by atoms with Crippen LogP contribution in [0.15, 0.2) is 11.6 Å². The van der Waals surface area contributed by atoms with E-state index in [9.17, 15) is 0 Å². The van der Waals surface area contributed by atoms with Gasteiger partial charge in [0.15, 0.2) is 0 Å². The number of halogens is 1. The van der Waals surface area contributed by atoms with E-state index < -0.39 is 0 Å². The molecule has 0 rings (SSSR count). The van der Waals surface area contributed by atoms with Gasteiger partial charge >= 0.3 is 0 Å². The summed E-state index contributed by atoms with van der Waals surface area (Å²) in [7, 11) is 0. The zero-order valence-electron chi connectivity index (χ0n) is 4.24. The maximum absolute atomic E-state index is 6.58. The van der Waals surface area contributed by atoms with E-state index in [1.807, 2.05) is 6.92 Å². The lowest BCUT2D eigenvalue weighted by molar-refractivity contribution is 1.41. The van der Waals surface area contributed by atoms with Crippen molar-refractivity contribution in [2.75, 3.05) is 5.88 Å². The molecule has 0 saturated heterocycles. The summed E-state index contributed by atoms with van der Waals surface area (Å²) in [6.45, 7) is 1.89. The highest BCUT2D eigenvalue weighted by atomic mass is 35.5. The van der Waals surface area contributed by atoms with Crippen LogP contribution in [0.1, 0.15) is 6.92 Å². The van der Waals surface area contributed by atoms with Crippen LogP contribution in [0, 0.1) is 5.41 Å². The van der Waals surface area contributed by atoms with Crippen molar-refractivity contribution in [2.24, 2.45) is 0 Å². The van der Waals surface area contributed by atoms with Crippen LogP contribution in [-0.2, 0) is 0 Å². The van der Waals surface area contributed by atoms with Gasteiger partial charge in [-0.25, -0.2) is 0 Å². The van der Waals surface area contributed by atoms with Crippen LogP contribution in [0.25, 0.3) is 0 Å². The first kappa shape index (κ1) is 6.70. The molecule has 40 valence electrons. The molecule has 0 bridgehead atoms. The van der Waals surface area contributed by atoms with Crippen molar-refractivity contribution < 1.29 is 0 Å². The normalized spacial score (nSPS) is 11.4. The van der Waals surface area contributed by atoms with Crippen molar-refractivity contribution in [3.63, 3.8) is 0 Å². The molecule has 0 aliphatic heterocycles. The third-order valence-corrected chi connectivity index (χ3v) is 1.00. The van der Waals surface area contributed by atoms with E-state index in [0.717, 1.165) is 5.57 Å². The van der Waals surface area contributed by atoms with E-state index in [-0.39, 0.29) is 0 Å². The quantitative estimate of drug-likeness (QED) is 0.422. The van der Waals surface area contributed by atoms with Crippen LogP contribution in [0.3, 0.4) is 0 Å². The Hall–Kier alpha value is -0.300. The van der Waals surface area contributed by atoms with E-state index in [1.54, 1.807) is 6.08 Å². The largest absolute Gasteiger partial charge is 0.309 e. The fraction of sp³-hybridized carbons (Fsp3) is 0.400. The highest BCUT2D eigenvalue weighted by Gasteiger charge is 1.77. The number of hydrogen-bond acceptors (Lipinski definition) is 1. The summed E-state index contributed by atoms with van der Waals surface area (Å²) >= 11 is 5.36. The van der Waals surface area contributed by atoms with Crippen molar-refractivity contribution in [1.82, 2.24) is 0 Å². The third kappa shape index (κ3) is 3.53. The van der Waals surface area contributed by atoms with Gasteiger partial charge in [-0.1, -0.05) is 5.57 Å². The molecule has 0 unspecified atom stereocenters. The van der Waals surface area contributed by atoms with E-state index in [4.69, 9.17) is 17.0 Å². The molecule has 0 saturated carbocycles. The first-order valence-corrected chi connectivity index (χ1v) is 2.57. The van der Waals surface area contributed by atoms with Crippen molar-refractivity contribution in [3.05, 3.63) is 11.6 Å². The third-order valence-electron chi connectivity index (χ3n) is 0.579. The lowest BCUT2D eigenvalue weighted by Crippen LogP contribution is -1.74. The molecule has 0 aromatic carbocycles. The van der Waals surface area contributed by atoms with Crippen LogP contribution in [0.4, 0.5) is 0 Å². The highest BCUT2D eigenvalue weighted by Crippen LogP contribution is 1.91. The molecular weight excluding hydrogens is 110 g/mol. The molecule has 2 heteroatoms. The molecule has 7 heavy (non-hydrogen) atoms. The SMILES string of the molecule is C/C(=C/C=N)CCl. The molecule has 0 heterocycles. The van der Waals surface area contributed by atoms with E-state index in [1.165, 1.54) is 6.21 Å². The Morgan fingerprint density at radius 3 is 2.57 bits per heavy atom. The minimum atomic E-state index is 0.523. The average Bonchev–Trinajstić information content (AvgIpc) is 1.68. The highest BCUT2D eigenvalue weighted by molar-refractivity contribution is 6.19. The van der Waals surface area contributed by atoms with Gasteiger partial charge in [0.25, 0.3) is 0 Å². The standard InChI is InChI=1S/C5H8ClN/c1-5(4-6)2-3-7/h2-3,7H,4H2,1H3/b5-2-,7-3?.